The number of ketones is 1. The first-order valence-electron chi connectivity index (χ1n) is 4.33. The topological polar surface area (TPSA) is 29.1 Å². The van der Waals surface area contributed by atoms with Gasteiger partial charge in [-0.05, 0) is 19.8 Å². The maximum atomic E-state index is 11.3. The van der Waals surface area contributed by atoms with Crippen LogP contribution in [0.1, 0.15) is 40.0 Å². The molecule has 0 aliphatic heterocycles. The lowest BCUT2D eigenvalue weighted by Crippen LogP contribution is -2.49. The number of hydrogen-bond acceptors (Lipinski definition) is 2. The Morgan fingerprint density at radius 1 is 1.55 bits per heavy atom. The molecular weight excluding hydrogens is 137 g/mol. The van der Waals surface area contributed by atoms with E-state index in [1.807, 2.05) is 14.9 Å². The quantitative estimate of drug-likeness (QED) is 0.591. The van der Waals surface area contributed by atoms with Crippen LogP contribution in [0.15, 0.2) is 0 Å². The minimum Gasteiger partial charge on any atom is -0.351 e. The summed E-state index contributed by atoms with van der Waals surface area (Å²) in [4.78, 5) is 11.3. The second-order valence-electron chi connectivity index (χ2n) is 2.99. The smallest absolute Gasteiger partial charge is 0.183 e. The highest BCUT2D eigenvalue weighted by Gasteiger charge is 2.29. The summed E-state index contributed by atoms with van der Waals surface area (Å²) in [5, 5.41) is 3.12. The van der Waals surface area contributed by atoms with Crippen LogP contribution in [-0.2, 0) is 4.79 Å². The van der Waals surface area contributed by atoms with Crippen molar-refractivity contribution < 1.29 is 4.79 Å². The molecule has 64 valence electrons. The van der Waals surface area contributed by atoms with Crippen molar-refractivity contribution >= 4 is 13.8 Å². The van der Waals surface area contributed by atoms with Crippen LogP contribution < -0.4 is 5.23 Å². The lowest BCUT2D eigenvalue weighted by Gasteiger charge is -2.29. The third-order valence-electron chi connectivity index (χ3n) is 2.43. The fraction of sp³-hybridized carbons (Fsp3) is 0.875. The van der Waals surface area contributed by atoms with Gasteiger partial charge in [0, 0.05) is 0 Å². The fourth-order valence-corrected chi connectivity index (χ4v) is 1.51. The van der Waals surface area contributed by atoms with Crippen LogP contribution in [-0.4, -0.2) is 19.3 Å². The van der Waals surface area contributed by atoms with Crippen LogP contribution in [0.3, 0.4) is 0 Å². The van der Waals surface area contributed by atoms with E-state index in [9.17, 15) is 4.79 Å². The highest BCUT2D eigenvalue weighted by Crippen LogP contribution is 2.17. The Labute approximate surface area is 70.2 Å². The molecule has 0 aromatic heterocycles. The summed E-state index contributed by atoms with van der Waals surface area (Å²) in [6, 6.07) is 0. The minimum atomic E-state index is -0.255. The van der Waals surface area contributed by atoms with E-state index >= 15 is 0 Å². The summed E-state index contributed by atoms with van der Waals surface area (Å²) >= 11 is 0. The predicted octanol–water partition coefficient (Wildman–Crippen LogP) is 0.662. The molecule has 0 rings (SSSR count). The molecule has 0 aromatic rings. The van der Waals surface area contributed by atoms with Gasteiger partial charge in [-0.3, -0.25) is 4.79 Å². The van der Waals surface area contributed by atoms with Gasteiger partial charge in [0.2, 0.25) is 0 Å². The van der Waals surface area contributed by atoms with Crippen LogP contribution in [0.2, 0.25) is 0 Å². The third-order valence-corrected chi connectivity index (χ3v) is 2.43. The molecule has 0 aliphatic carbocycles. The van der Waals surface area contributed by atoms with Gasteiger partial charge < -0.3 is 5.23 Å². The van der Waals surface area contributed by atoms with Gasteiger partial charge in [-0.15, -0.1) is 0 Å². The van der Waals surface area contributed by atoms with E-state index < -0.39 is 0 Å². The zero-order valence-corrected chi connectivity index (χ0v) is 8.03. The summed E-state index contributed by atoms with van der Waals surface area (Å²) in [5.41, 5.74) is -0.255. The standard InChI is InChI=1S/C8H18BNO/c1-4-6-8(5-2,10-9)7(3)11/h10H,4-6,9H2,1-3H3. The van der Waals surface area contributed by atoms with Gasteiger partial charge >= 0.3 is 0 Å². The van der Waals surface area contributed by atoms with E-state index in [2.05, 4.69) is 12.2 Å². The molecule has 1 atom stereocenters. The van der Waals surface area contributed by atoms with Crippen LogP contribution in [0.25, 0.3) is 0 Å². The van der Waals surface area contributed by atoms with Crippen LogP contribution in [0, 0.1) is 0 Å². The molecule has 2 nitrogen and oxygen atoms in total. The van der Waals surface area contributed by atoms with Crippen molar-refractivity contribution in [1.29, 1.82) is 0 Å². The zero-order chi connectivity index (χ0) is 8.91. The second kappa shape index (κ2) is 4.55. The number of nitrogens with one attached hydrogen (secondary N) is 1. The molecule has 0 saturated carbocycles. The molecule has 1 N–H and O–H groups in total. The normalized spacial score (nSPS) is 15.9. The molecule has 0 aromatic carbocycles. The summed E-state index contributed by atoms with van der Waals surface area (Å²) in [5.74, 6) is 0.254. The lowest BCUT2D eigenvalue weighted by atomic mass is 9.85. The number of carbonyl (C=O) groups excluding carboxylic acids is 1. The first kappa shape index (κ1) is 10.7. The van der Waals surface area contributed by atoms with Gasteiger partial charge in [-0.25, -0.2) is 0 Å². The summed E-state index contributed by atoms with van der Waals surface area (Å²) in [7, 11) is 1.86. The summed E-state index contributed by atoms with van der Waals surface area (Å²) < 4.78 is 0. The highest BCUT2D eigenvalue weighted by molar-refractivity contribution is 6.07. The van der Waals surface area contributed by atoms with E-state index in [0.29, 0.717) is 0 Å². The van der Waals surface area contributed by atoms with Gasteiger partial charge in [-0.1, -0.05) is 20.3 Å². The van der Waals surface area contributed by atoms with Gasteiger partial charge in [0.05, 0.1) is 5.54 Å². The average molecular weight is 155 g/mol. The monoisotopic (exact) mass is 155 g/mol. The first-order chi connectivity index (χ1) is 5.13. The second-order valence-corrected chi connectivity index (χ2v) is 2.99. The molecular formula is C8H18BNO. The number of rotatable bonds is 5. The Bertz CT molecular complexity index is 132. The van der Waals surface area contributed by atoms with Crippen molar-refractivity contribution in [1.82, 2.24) is 5.23 Å². The number of hydrogen-bond donors (Lipinski definition) is 1. The highest BCUT2D eigenvalue weighted by atomic mass is 16.1. The molecule has 0 amide bonds. The van der Waals surface area contributed by atoms with Crippen LogP contribution in [0.5, 0.6) is 0 Å². The molecule has 1 unspecified atom stereocenters. The molecule has 11 heavy (non-hydrogen) atoms. The average Bonchev–Trinajstić information content (AvgIpc) is 2.00. The predicted molar refractivity (Wildman–Crippen MR) is 50.3 cm³/mol. The van der Waals surface area contributed by atoms with E-state index in [1.165, 1.54) is 0 Å². The molecule has 3 heteroatoms. The van der Waals surface area contributed by atoms with E-state index in [0.717, 1.165) is 19.3 Å². The number of carbonyl (C=O) groups is 1. The maximum absolute atomic E-state index is 11.3. The van der Waals surface area contributed by atoms with Crippen molar-refractivity contribution in [3.05, 3.63) is 0 Å². The Morgan fingerprint density at radius 3 is 2.18 bits per heavy atom. The molecule has 0 saturated heterocycles. The van der Waals surface area contributed by atoms with E-state index in [4.69, 9.17) is 0 Å². The summed E-state index contributed by atoms with van der Waals surface area (Å²) in [6.45, 7) is 5.81. The van der Waals surface area contributed by atoms with Gasteiger partial charge in [0.15, 0.2) is 7.98 Å². The van der Waals surface area contributed by atoms with E-state index in [1.54, 1.807) is 6.92 Å². The van der Waals surface area contributed by atoms with Crippen LogP contribution in [0.4, 0.5) is 0 Å². The van der Waals surface area contributed by atoms with Gasteiger partial charge in [0.25, 0.3) is 0 Å². The Morgan fingerprint density at radius 2 is 2.09 bits per heavy atom. The van der Waals surface area contributed by atoms with Crippen molar-refractivity contribution in [2.24, 2.45) is 0 Å². The molecule has 0 heterocycles. The molecule has 0 fully saturated rings. The van der Waals surface area contributed by atoms with Gasteiger partial charge in [0.1, 0.15) is 5.78 Å². The maximum Gasteiger partial charge on any atom is 0.183 e. The number of Topliss-reactive ketones (excluding diaryl/α,β-unsaturated/α-hetero) is 1. The van der Waals surface area contributed by atoms with E-state index in [-0.39, 0.29) is 11.3 Å². The van der Waals surface area contributed by atoms with Gasteiger partial charge in [-0.2, -0.15) is 0 Å². The summed E-state index contributed by atoms with van der Waals surface area (Å²) in [6.07, 6.45) is 2.87. The SMILES string of the molecule is BNC(CC)(CCC)C(C)=O. The van der Waals surface area contributed by atoms with Crippen molar-refractivity contribution in [2.45, 2.75) is 45.6 Å². The Balaban J connectivity index is 4.32. The van der Waals surface area contributed by atoms with Crippen molar-refractivity contribution in [2.75, 3.05) is 0 Å². The molecule has 0 spiro atoms. The fourth-order valence-electron chi connectivity index (χ4n) is 1.51. The Hall–Kier alpha value is -0.305. The molecule has 0 bridgehead atoms. The molecule has 0 radical (unpaired) electrons. The van der Waals surface area contributed by atoms with Crippen molar-refractivity contribution in [3.8, 4) is 0 Å². The largest absolute Gasteiger partial charge is 0.351 e. The Kier molecular flexibility index (Phi) is 4.42. The lowest BCUT2D eigenvalue weighted by molar-refractivity contribution is -0.123. The van der Waals surface area contributed by atoms with Crippen LogP contribution >= 0.6 is 0 Å². The third kappa shape index (κ3) is 2.33. The minimum absolute atomic E-state index is 0.254. The zero-order valence-electron chi connectivity index (χ0n) is 8.03. The molecule has 0 aliphatic rings. The first-order valence-corrected chi connectivity index (χ1v) is 4.33. The van der Waals surface area contributed by atoms with Crippen molar-refractivity contribution in [3.63, 3.8) is 0 Å².